The van der Waals surface area contributed by atoms with Crippen LogP contribution in [-0.4, -0.2) is 37.6 Å². The molecular formula is C11H17N3O4S. The van der Waals surface area contributed by atoms with Gasteiger partial charge in [-0.2, -0.15) is 0 Å². The summed E-state index contributed by atoms with van der Waals surface area (Å²) in [4.78, 5) is 14.2. The van der Waals surface area contributed by atoms with E-state index in [4.69, 9.17) is 5.11 Å². The summed E-state index contributed by atoms with van der Waals surface area (Å²) < 4.78 is 26.2. The number of sulfonamides is 1. The number of carbonyl (C=O) groups is 1. The lowest BCUT2D eigenvalue weighted by molar-refractivity contribution is -0.137. The molecule has 0 aromatic carbocycles. The van der Waals surface area contributed by atoms with Crippen molar-refractivity contribution in [3.05, 3.63) is 18.5 Å². The zero-order valence-corrected chi connectivity index (χ0v) is 11.4. The van der Waals surface area contributed by atoms with E-state index in [0.29, 0.717) is 12.2 Å². The molecule has 0 amide bonds. The SMILES string of the molecule is CCNc1cncc(S(=O)(=O)NCCCC(=O)O)c1. The topological polar surface area (TPSA) is 108 Å². The smallest absolute Gasteiger partial charge is 0.303 e. The molecule has 1 heterocycles. The van der Waals surface area contributed by atoms with E-state index in [1.165, 1.54) is 18.5 Å². The van der Waals surface area contributed by atoms with E-state index >= 15 is 0 Å². The van der Waals surface area contributed by atoms with Crippen molar-refractivity contribution in [2.75, 3.05) is 18.4 Å². The summed E-state index contributed by atoms with van der Waals surface area (Å²) in [6.07, 6.45) is 2.96. The predicted octanol–water partition coefficient (Wildman–Crippen LogP) is 0.656. The van der Waals surface area contributed by atoms with Crippen LogP contribution in [-0.2, 0) is 14.8 Å². The van der Waals surface area contributed by atoms with E-state index in [9.17, 15) is 13.2 Å². The Balaban J connectivity index is 2.66. The molecule has 0 aliphatic heterocycles. The van der Waals surface area contributed by atoms with E-state index in [-0.39, 0.29) is 24.3 Å². The van der Waals surface area contributed by atoms with Gasteiger partial charge in [0.1, 0.15) is 4.90 Å². The number of aromatic nitrogens is 1. The predicted molar refractivity (Wildman–Crippen MR) is 70.5 cm³/mol. The molecule has 0 bridgehead atoms. The van der Waals surface area contributed by atoms with Gasteiger partial charge in [0.05, 0.1) is 11.9 Å². The highest BCUT2D eigenvalue weighted by Crippen LogP contribution is 2.13. The normalized spacial score (nSPS) is 11.2. The summed E-state index contributed by atoms with van der Waals surface area (Å²) >= 11 is 0. The monoisotopic (exact) mass is 287 g/mol. The Labute approximate surface area is 112 Å². The van der Waals surface area contributed by atoms with Crippen LogP contribution in [0.25, 0.3) is 0 Å². The Morgan fingerprint density at radius 1 is 1.42 bits per heavy atom. The van der Waals surface area contributed by atoms with Crippen molar-refractivity contribution in [2.24, 2.45) is 0 Å². The van der Waals surface area contributed by atoms with E-state index in [2.05, 4.69) is 15.0 Å². The molecule has 7 nitrogen and oxygen atoms in total. The summed E-state index contributed by atoms with van der Waals surface area (Å²) in [6.45, 7) is 2.64. The first kappa shape index (κ1) is 15.4. The van der Waals surface area contributed by atoms with E-state index in [1.54, 1.807) is 0 Å². The number of nitrogens with one attached hydrogen (secondary N) is 2. The van der Waals surface area contributed by atoms with Crippen LogP contribution in [0.4, 0.5) is 5.69 Å². The summed E-state index contributed by atoms with van der Waals surface area (Å²) in [5.74, 6) is -0.949. The molecule has 1 aromatic rings. The van der Waals surface area contributed by atoms with Crippen molar-refractivity contribution < 1.29 is 18.3 Å². The van der Waals surface area contributed by atoms with Crippen molar-refractivity contribution in [1.29, 1.82) is 0 Å². The van der Waals surface area contributed by atoms with Gasteiger partial charge in [-0.25, -0.2) is 13.1 Å². The van der Waals surface area contributed by atoms with Crippen molar-refractivity contribution in [3.63, 3.8) is 0 Å². The molecule has 0 spiro atoms. The van der Waals surface area contributed by atoms with Gasteiger partial charge in [0.25, 0.3) is 0 Å². The van der Waals surface area contributed by atoms with Gasteiger partial charge >= 0.3 is 5.97 Å². The maximum Gasteiger partial charge on any atom is 0.303 e. The third-order valence-corrected chi connectivity index (χ3v) is 3.69. The Morgan fingerprint density at radius 2 is 2.16 bits per heavy atom. The third-order valence-electron chi connectivity index (χ3n) is 2.26. The molecule has 19 heavy (non-hydrogen) atoms. The average Bonchev–Trinajstić information content (AvgIpc) is 2.35. The van der Waals surface area contributed by atoms with Crippen LogP contribution in [0.5, 0.6) is 0 Å². The highest BCUT2D eigenvalue weighted by atomic mass is 32.2. The molecule has 8 heteroatoms. The van der Waals surface area contributed by atoms with Gasteiger partial charge in [0.2, 0.25) is 10.0 Å². The first-order valence-electron chi connectivity index (χ1n) is 5.86. The van der Waals surface area contributed by atoms with E-state index in [0.717, 1.165) is 0 Å². The Kier molecular flexibility index (Phi) is 5.71. The zero-order chi connectivity index (χ0) is 14.3. The molecule has 0 radical (unpaired) electrons. The number of hydrogen-bond donors (Lipinski definition) is 3. The maximum atomic E-state index is 11.9. The largest absolute Gasteiger partial charge is 0.481 e. The number of rotatable bonds is 8. The van der Waals surface area contributed by atoms with Crippen LogP contribution >= 0.6 is 0 Å². The molecule has 0 unspecified atom stereocenters. The summed E-state index contributed by atoms with van der Waals surface area (Å²) in [6, 6.07) is 1.48. The molecule has 3 N–H and O–H groups in total. The van der Waals surface area contributed by atoms with E-state index in [1.807, 2.05) is 6.92 Å². The van der Waals surface area contributed by atoms with Crippen LogP contribution in [0.2, 0.25) is 0 Å². The molecule has 0 aliphatic carbocycles. The molecule has 1 rings (SSSR count). The van der Waals surface area contributed by atoms with Gasteiger partial charge in [-0.1, -0.05) is 0 Å². The molecular weight excluding hydrogens is 270 g/mol. The molecule has 1 aromatic heterocycles. The van der Waals surface area contributed by atoms with Crippen LogP contribution in [0.3, 0.4) is 0 Å². The fourth-order valence-corrected chi connectivity index (χ4v) is 2.46. The van der Waals surface area contributed by atoms with Gasteiger partial charge < -0.3 is 10.4 Å². The van der Waals surface area contributed by atoms with Gasteiger partial charge in [-0.3, -0.25) is 9.78 Å². The number of carboxylic acid groups (broad SMARTS) is 1. The number of nitrogens with zero attached hydrogens (tertiary/aromatic N) is 1. The average molecular weight is 287 g/mol. The van der Waals surface area contributed by atoms with Crippen LogP contribution < -0.4 is 10.0 Å². The summed E-state index contributed by atoms with van der Waals surface area (Å²) in [5, 5.41) is 11.4. The maximum absolute atomic E-state index is 11.9. The van der Waals surface area contributed by atoms with Gasteiger partial charge in [-0.05, 0) is 19.4 Å². The minimum absolute atomic E-state index is 0.0567. The minimum atomic E-state index is -3.64. The second kappa shape index (κ2) is 7.05. The van der Waals surface area contributed by atoms with Crippen molar-refractivity contribution in [3.8, 4) is 0 Å². The molecule has 0 aliphatic rings. The Bertz CT molecular complexity index is 530. The lowest BCUT2D eigenvalue weighted by Gasteiger charge is -2.08. The fraction of sp³-hybridized carbons (Fsp3) is 0.455. The standard InChI is InChI=1S/C11H17N3O4S/c1-2-13-9-6-10(8-12-7-9)19(17,18)14-5-3-4-11(15)16/h6-8,13-14H,2-5H2,1H3,(H,15,16). The van der Waals surface area contributed by atoms with Crippen LogP contribution in [0.15, 0.2) is 23.4 Å². The molecule has 0 saturated carbocycles. The second-order valence-electron chi connectivity index (χ2n) is 3.83. The number of aliphatic carboxylic acids is 1. The third kappa shape index (κ3) is 5.23. The number of anilines is 1. The Hall–Kier alpha value is -1.67. The molecule has 0 fully saturated rings. The quantitative estimate of drug-likeness (QED) is 0.606. The van der Waals surface area contributed by atoms with Gasteiger partial charge in [0.15, 0.2) is 0 Å². The number of pyridine rings is 1. The van der Waals surface area contributed by atoms with Gasteiger partial charge in [-0.15, -0.1) is 0 Å². The molecule has 106 valence electrons. The van der Waals surface area contributed by atoms with Crippen molar-refractivity contribution in [1.82, 2.24) is 9.71 Å². The number of hydrogen-bond acceptors (Lipinski definition) is 5. The molecule has 0 atom stereocenters. The minimum Gasteiger partial charge on any atom is -0.481 e. The zero-order valence-electron chi connectivity index (χ0n) is 10.6. The lowest BCUT2D eigenvalue weighted by Crippen LogP contribution is -2.25. The fourth-order valence-electron chi connectivity index (χ4n) is 1.40. The van der Waals surface area contributed by atoms with Crippen LogP contribution in [0.1, 0.15) is 19.8 Å². The summed E-state index contributed by atoms with van der Waals surface area (Å²) in [7, 11) is -3.64. The Morgan fingerprint density at radius 3 is 2.79 bits per heavy atom. The second-order valence-corrected chi connectivity index (χ2v) is 5.60. The molecule has 0 saturated heterocycles. The van der Waals surface area contributed by atoms with Crippen molar-refractivity contribution >= 4 is 21.7 Å². The number of carboxylic acids is 1. The first-order chi connectivity index (χ1) is 8.95. The van der Waals surface area contributed by atoms with Crippen LogP contribution in [0, 0.1) is 0 Å². The lowest BCUT2D eigenvalue weighted by atomic mass is 10.3. The van der Waals surface area contributed by atoms with E-state index < -0.39 is 16.0 Å². The highest BCUT2D eigenvalue weighted by Gasteiger charge is 2.14. The summed E-state index contributed by atoms with van der Waals surface area (Å²) in [5.41, 5.74) is 0.621. The van der Waals surface area contributed by atoms with Crippen molar-refractivity contribution in [2.45, 2.75) is 24.7 Å². The first-order valence-corrected chi connectivity index (χ1v) is 7.34. The highest BCUT2D eigenvalue weighted by molar-refractivity contribution is 7.89. The van der Waals surface area contributed by atoms with Gasteiger partial charge in [0, 0.05) is 25.7 Å².